The van der Waals surface area contributed by atoms with Gasteiger partial charge in [-0.05, 0) is 30.2 Å². The highest BCUT2D eigenvalue weighted by molar-refractivity contribution is 5.99. The number of hydrogen-bond donors (Lipinski definition) is 2. The highest BCUT2D eigenvalue weighted by Gasteiger charge is 2.19. The number of para-hydroxylation sites is 1. The van der Waals surface area contributed by atoms with E-state index in [1.165, 1.54) is 4.57 Å². The Morgan fingerprint density at radius 1 is 1.12 bits per heavy atom. The normalized spacial score (nSPS) is 12.3. The third-order valence-electron chi connectivity index (χ3n) is 4.35. The maximum atomic E-state index is 8.35. The van der Waals surface area contributed by atoms with Crippen LogP contribution in [-0.4, -0.2) is 24.3 Å². The minimum atomic E-state index is 0.176. The van der Waals surface area contributed by atoms with Crippen molar-refractivity contribution in [3.63, 3.8) is 0 Å². The van der Waals surface area contributed by atoms with E-state index in [0.29, 0.717) is 18.1 Å². The molecule has 0 saturated carbocycles. The number of fused-ring (bicyclic) bond motifs is 2. The third kappa shape index (κ3) is 2.60. The fourth-order valence-corrected chi connectivity index (χ4v) is 3.15. The lowest BCUT2D eigenvalue weighted by atomic mass is 9.99. The first-order valence-corrected chi connectivity index (χ1v) is 8.49. The molecule has 6 nitrogen and oxygen atoms in total. The third-order valence-corrected chi connectivity index (χ3v) is 4.35. The van der Waals surface area contributed by atoms with Crippen LogP contribution in [0.3, 0.4) is 0 Å². The largest absolute Gasteiger partial charge is 0.493 e. The van der Waals surface area contributed by atoms with E-state index in [-0.39, 0.29) is 12.3 Å². The molecule has 132 valence electrons. The average Bonchev–Trinajstić information content (AvgIpc) is 3.12. The molecular formula is C20H19N3O3. The first-order chi connectivity index (χ1) is 12.7. The summed E-state index contributed by atoms with van der Waals surface area (Å²) in [5, 5.41) is 16.9. The lowest BCUT2D eigenvalue weighted by molar-refractivity contribution is 0.174. The molecule has 1 aromatic heterocycles. The number of pyridine rings is 1. The number of rotatable bonds is 5. The van der Waals surface area contributed by atoms with E-state index >= 15 is 0 Å². The van der Waals surface area contributed by atoms with Crippen LogP contribution in [0.15, 0.2) is 42.5 Å². The molecule has 0 radical (unpaired) electrons. The van der Waals surface area contributed by atoms with Crippen molar-refractivity contribution in [2.24, 2.45) is 0 Å². The fraction of sp³-hybridized carbons (Fsp3) is 0.200. The summed E-state index contributed by atoms with van der Waals surface area (Å²) >= 11 is 0. The molecule has 1 aliphatic heterocycles. The van der Waals surface area contributed by atoms with Gasteiger partial charge in [0.25, 0.3) is 0 Å². The zero-order valence-electron chi connectivity index (χ0n) is 14.4. The zero-order chi connectivity index (χ0) is 18.1. The highest BCUT2D eigenvalue weighted by atomic mass is 16.7. The predicted molar refractivity (Wildman–Crippen MR) is 99.3 cm³/mol. The Morgan fingerprint density at radius 3 is 2.65 bits per heavy atom. The molecule has 0 saturated heterocycles. The van der Waals surface area contributed by atoms with Gasteiger partial charge in [-0.3, -0.25) is 15.4 Å². The summed E-state index contributed by atoms with van der Waals surface area (Å²) < 4.78 is 18.4. The average molecular weight is 349 g/mol. The Morgan fingerprint density at radius 2 is 1.88 bits per heavy atom. The smallest absolute Gasteiger partial charge is 0.231 e. The minimum absolute atomic E-state index is 0.176. The van der Waals surface area contributed by atoms with Gasteiger partial charge in [-0.1, -0.05) is 25.1 Å². The van der Waals surface area contributed by atoms with Crippen molar-refractivity contribution in [2.45, 2.75) is 13.3 Å². The lowest BCUT2D eigenvalue weighted by Gasteiger charge is -2.15. The van der Waals surface area contributed by atoms with Crippen LogP contribution in [0.5, 0.6) is 17.2 Å². The first-order valence-electron chi connectivity index (χ1n) is 8.49. The molecule has 3 aromatic rings. The van der Waals surface area contributed by atoms with Gasteiger partial charge in [0.1, 0.15) is 11.2 Å². The number of nitrogens with one attached hydrogen (secondary N) is 2. The van der Waals surface area contributed by atoms with Gasteiger partial charge in [-0.15, -0.1) is 0 Å². The number of nitrogens with zero attached hydrogens (tertiary/aromatic N) is 1. The predicted octanol–water partition coefficient (Wildman–Crippen LogP) is 3.76. The molecule has 0 amide bonds. The quantitative estimate of drug-likeness (QED) is 0.544. The standard InChI is InChI=1S/C20H19N3O3/c1-2-7-24-17-6-4-3-5-13(17)14-9-20(22)23(11-21)16-10-19-18(8-15(14)16)25-12-26-19/h3-6,8-11,21-22H,2,7,12H2,1H3. The van der Waals surface area contributed by atoms with E-state index in [1.807, 2.05) is 36.4 Å². The SMILES string of the molecule is CCCOc1ccccc1-c1cc(=N)n(C=N)c2cc3c(cc12)OCO3. The lowest BCUT2D eigenvalue weighted by Crippen LogP contribution is -2.19. The highest BCUT2D eigenvalue weighted by Crippen LogP contribution is 2.40. The Balaban J connectivity index is 2.02. The summed E-state index contributed by atoms with van der Waals surface area (Å²) in [5.74, 6) is 2.07. The molecule has 0 atom stereocenters. The Labute approximate surface area is 150 Å². The zero-order valence-corrected chi connectivity index (χ0v) is 14.4. The summed E-state index contributed by atoms with van der Waals surface area (Å²) in [5.41, 5.74) is 2.72. The van der Waals surface area contributed by atoms with E-state index in [9.17, 15) is 0 Å². The van der Waals surface area contributed by atoms with Crippen molar-refractivity contribution in [1.29, 1.82) is 10.8 Å². The van der Waals surface area contributed by atoms with Crippen molar-refractivity contribution in [3.8, 4) is 28.4 Å². The summed E-state index contributed by atoms with van der Waals surface area (Å²) in [6, 6.07) is 13.3. The summed E-state index contributed by atoms with van der Waals surface area (Å²) in [6.45, 7) is 2.87. The molecule has 0 unspecified atom stereocenters. The van der Waals surface area contributed by atoms with E-state index in [1.54, 1.807) is 6.07 Å². The van der Waals surface area contributed by atoms with E-state index in [2.05, 4.69) is 6.92 Å². The molecule has 4 rings (SSSR count). The number of hydrogen-bond acceptors (Lipinski definition) is 5. The van der Waals surface area contributed by atoms with Crippen LogP contribution in [-0.2, 0) is 0 Å². The van der Waals surface area contributed by atoms with Gasteiger partial charge in [0.15, 0.2) is 11.5 Å². The summed E-state index contributed by atoms with van der Waals surface area (Å²) in [6.07, 6.45) is 2.05. The molecule has 0 fully saturated rings. The second kappa shape index (κ2) is 6.55. The van der Waals surface area contributed by atoms with Crippen LogP contribution in [0, 0.1) is 10.8 Å². The van der Waals surface area contributed by atoms with Crippen LogP contribution < -0.4 is 19.7 Å². The number of aromatic nitrogens is 1. The summed E-state index contributed by atoms with van der Waals surface area (Å²) in [7, 11) is 0. The van der Waals surface area contributed by atoms with Crippen LogP contribution >= 0.6 is 0 Å². The molecule has 2 N–H and O–H groups in total. The maximum Gasteiger partial charge on any atom is 0.231 e. The van der Waals surface area contributed by atoms with Gasteiger partial charge in [0, 0.05) is 17.0 Å². The maximum absolute atomic E-state index is 8.35. The van der Waals surface area contributed by atoms with Gasteiger partial charge < -0.3 is 14.2 Å². The van der Waals surface area contributed by atoms with Crippen molar-refractivity contribution in [2.75, 3.05) is 13.4 Å². The van der Waals surface area contributed by atoms with Crippen LogP contribution in [0.1, 0.15) is 13.3 Å². The van der Waals surface area contributed by atoms with Gasteiger partial charge in [0.2, 0.25) is 6.79 Å². The second-order valence-corrected chi connectivity index (χ2v) is 6.01. The van der Waals surface area contributed by atoms with Crippen LogP contribution in [0.25, 0.3) is 22.0 Å². The topological polar surface area (TPSA) is 80.3 Å². The van der Waals surface area contributed by atoms with Crippen LogP contribution in [0.2, 0.25) is 0 Å². The first kappa shape index (κ1) is 16.2. The van der Waals surface area contributed by atoms with E-state index in [4.69, 9.17) is 25.0 Å². The van der Waals surface area contributed by atoms with Crippen LogP contribution in [0.4, 0.5) is 0 Å². The molecule has 0 spiro atoms. The number of ether oxygens (including phenoxy) is 3. The van der Waals surface area contributed by atoms with Gasteiger partial charge in [-0.25, -0.2) is 0 Å². The minimum Gasteiger partial charge on any atom is -0.493 e. The van der Waals surface area contributed by atoms with E-state index < -0.39 is 0 Å². The Hall–Kier alpha value is -3.28. The van der Waals surface area contributed by atoms with Crippen molar-refractivity contribution in [1.82, 2.24) is 4.57 Å². The monoisotopic (exact) mass is 349 g/mol. The molecule has 2 heterocycles. The second-order valence-electron chi connectivity index (χ2n) is 6.01. The Kier molecular flexibility index (Phi) is 4.08. The van der Waals surface area contributed by atoms with Crippen molar-refractivity contribution >= 4 is 17.2 Å². The van der Waals surface area contributed by atoms with E-state index in [0.717, 1.165) is 40.5 Å². The fourth-order valence-electron chi connectivity index (χ4n) is 3.15. The molecular weight excluding hydrogens is 330 g/mol. The molecule has 0 aliphatic carbocycles. The van der Waals surface area contributed by atoms with Gasteiger partial charge in [-0.2, -0.15) is 0 Å². The van der Waals surface area contributed by atoms with Crippen molar-refractivity contribution in [3.05, 3.63) is 48.0 Å². The molecule has 26 heavy (non-hydrogen) atoms. The summed E-state index contributed by atoms with van der Waals surface area (Å²) in [4.78, 5) is 0. The van der Waals surface area contributed by atoms with Gasteiger partial charge in [0.05, 0.1) is 18.5 Å². The molecule has 6 heteroatoms. The molecule has 1 aliphatic rings. The molecule has 0 bridgehead atoms. The molecule has 2 aromatic carbocycles. The van der Waals surface area contributed by atoms with Gasteiger partial charge >= 0.3 is 0 Å². The number of benzene rings is 2. The van der Waals surface area contributed by atoms with Crippen molar-refractivity contribution < 1.29 is 14.2 Å². The Bertz CT molecular complexity index is 1060.